The van der Waals surface area contributed by atoms with Gasteiger partial charge in [-0.3, -0.25) is 14.6 Å². The van der Waals surface area contributed by atoms with Crippen molar-refractivity contribution in [2.75, 3.05) is 13.7 Å². The van der Waals surface area contributed by atoms with Crippen LogP contribution >= 0.6 is 0 Å². The third-order valence-corrected chi connectivity index (χ3v) is 5.56. The summed E-state index contributed by atoms with van der Waals surface area (Å²) >= 11 is 0. The number of amides is 1. The molecule has 2 fully saturated rings. The molecule has 1 atom stereocenters. The van der Waals surface area contributed by atoms with Crippen molar-refractivity contribution in [2.24, 2.45) is 11.3 Å². The van der Waals surface area contributed by atoms with Crippen molar-refractivity contribution in [1.82, 2.24) is 10.3 Å². The molecule has 0 saturated heterocycles. The predicted molar refractivity (Wildman–Crippen MR) is 96.2 cm³/mol. The van der Waals surface area contributed by atoms with Gasteiger partial charge in [0, 0.05) is 37.7 Å². The molecule has 1 unspecified atom stereocenters. The van der Waals surface area contributed by atoms with E-state index in [0.29, 0.717) is 11.5 Å². The number of aromatic nitrogens is 1. The summed E-state index contributed by atoms with van der Waals surface area (Å²) in [6.45, 7) is 0.512. The molecule has 0 bridgehead atoms. The molecule has 154 valence electrons. The molecule has 1 aromatic rings. The van der Waals surface area contributed by atoms with E-state index in [0.717, 1.165) is 25.7 Å². The van der Waals surface area contributed by atoms with E-state index in [4.69, 9.17) is 4.74 Å². The molecule has 2 saturated carbocycles. The van der Waals surface area contributed by atoms with Crippen molar-refractivity contribution in [3.05, 3.63) is 23.5 Å². The maximum atomic E-state index is 12.8. The summed E-state index contributed by atoms with van der Waals surface area (Å²) in [6.07, 6.45) is 1.06. The molecule has 2 aliphatic rings. The molecular weight excluding hydrogens is 373 g/mol. The Morgan fingerprint density at radius 1 is 1.21 bits per heavy atom. The summed E-state index contributed by atoms with van der Waals surface area (Å²) in [7, 11) is 1.56. The first-order valence-electron chi connectivity index (χ1n) is 9.54. The molecule has 0 spiro atoms. The smallest absolute Gasteiger partial charge is 0.422 e. The molecule has 0 radical (unpaired) electrons. The summed E-state index contributed by atoms with van der Waals surface area (Å²) in [4.78, 5) is 28.9. The van der Waals surface area contributed by atoms with Gasteiger partial charge < -0.3 is 10.1 Å². The summed E-state index contributed by atoms with van der Waals surface area (Å²) in [5.41, 5.74) is 0.225. The normalized spacial score (nSPS) is 19.0. The summed E-state index contributed by atoms with van der Waals surface area (Å²) in [5.74, 6) is 0.105. The van der Waals surface area contributed by atoms with E-state index in [1.54, 1.807) is 7.05 Å². The SMILES string of the molecule is CNC(=O)CC(C)(CC(=O)c1cc(OCC(F)(F)F)c(C2CC2)cn1)C1CC1. The summed E-state index contributed by atoms with van der Waals surface area (Å²) in [6, 6.07) is 1.33. The maximum absolute atomic E-state index is 12.8. The molecule has 1 N–H and O–H groups in total. The minimum Gasteiger partial charge on any atom is -0.484 e. The average molecular weight is 398 g/mol. The highest BCUT2D eigenvalue weighted by Gasteiger charge is 2.44. The Labute approximate surface area is 162 Å². The van der Waals surface area contributed by atoms with Gasteiger partial charge in [0.05, 0.1) is 0 Å². The fourth-order valence-corrected chi connectivity index (χ4v) is 3.63. The molecule has 1 amide bonds. The number of nitrogens with one attached hydrogen (secondary N) is 1. The van der Waals surface area contributed by atoms with E-state index in [9.17, 15) is 22.8 Å². The molecule has 1 heterocycles. The second-order valence-electron chi connectivity index (χ2n) is 8.16. The number of Topliss-reactive ketones (excluding diaryl/α,β-unsaturated/α-hetero) is 1. The molecule has 5 nitrogen and oxygen atoms in total. The van der Waals surface area contributed by atoms with Gasteiger partial charge in [-0.15, -0.1) is 0 Å². The molecule has 3 rings (SSSR count). The summed E-state index contributed by atoms with van der Waals surface area (Å²) in [5, 5.41) is 2.59. The minimum atomic E-state index is -4.45. The van der Waals surface area contributed by atoms with Gasteiger partial charge in [-0.05, 0) is 42.9 Å². The van der Waals surface area contributed by atoms with Gasteiger partial charge in [0.25, 0.3) is 0 Å². The highest BCUT2D eigenvalue weighted by molar-refractivity contribution is 5.95. The van der Waals surface area contributed by atoms with Crippen molar-refractivity contribution >= 4 is 11.7 Å². The Hall–Kier alpha value is -2.12. The van der Waals surface area contributed by atoms with Crippen LogP contribution in [-0.4, -0.2) is 36.5 Å². The van der Waals surface area contributed by atoms with Crippen LogP contribution in [0.1, 0.15) is 67.4 Å². The van der Waals surface area contributed by atoms with Crippen molar-refractivity contribution in [2.45, 2.75) is 57.5 Å². The Balaban J connectivity index is 1.77. The van der Waals surface area contributed by atoms with E-state index in [-0.39, 0.29) is 41.9 Å². The largest absolute Gasteiger partial charge is 0.484 e. The van der Waals surface area contributed by atoms with Crippen LogP contribution in [0, 0.1) is 11.3 Å². The Kier molecular flexibility index (Phi) is 5.68. The molecular formula is C20H25F3N2O3. The van der Waals surface area contributed by atoms with E-state index < -0.39 is 18.2 Å². The maximum Gasteiger partial charge on any atom is 0.422 e. The number of ether oxygens (including phenoxy) is 1. The third-order valence-electron chi connectivity index (χ3n) is 5.56. The molecule has 0 aliphatic heterocycles. The first-order chi connectivity index (χ1) is 13.1. The van der Waals surface area contributed by atoms with Crippen molar-refractivity contribution in [1.29, 1.82) is 0 Å². The zero-order valence-electron chi connectivity index (χ0n) is 16.1. The topological polar surface area (TPSA) is 68.3 Å². The average Bonchev–Trinajstić information content (AvgIpc) is 3.50. The second-order valence-corrected chi connectivity index (χ2v) is 8.16. The fourth-order valence-electron chi connectivity index (χ4n) is 3.63. The van der Waals surface area contributed by atoms with Gasteiger partial charge in [0.2, 0.25) is 5.91 Å². The van der Waals surface area contributed by atoms with Crippen LogP contribution in [-0.2, 0) is 4.79 Å². The van der Waals surface area contributed by atoms with Crippen molar-refractivity contribution in [3.8, 4) is 5.75 Å². The number of carbonyl (C=O) groups excluding carboxylic acids is 2. The number of halogens is 3. The Morgan fingerprint density at radius 2 is 1.89 bits per heavy atom. The number of rotatable bonds is 9. The summed E-state index contributed by atoms with van der Waals surface area (Å²) < 4.78 is 42.7. The lowest BCUT2D eigenvalue weighted by Crippen LogP contribution is -2.31. The standard InChI is InChI=1S/C20H25F3N2O3/c1-19(13-5-6-13,9-18(27)24-2)8-16(26)15-7-17(28-11-20(21,22)23)14(10-25-15)12-3-4-12/h7,10,12-13H,3-6,8-9,11H2,1-2H3,(H,24,27). The zero-order valence-corrected chi connectivity index (χ0v) is 16.1. The fraction of sp³-hybridized carbons (Fsp3) is 0.650. The molecule has 28 heavy (non-hydrogen) atoms. The third kappa shape index (κ3) is 5.23. The lowest BCUT2D eigenvalue weighted by Gasteiger charge is -2.28. The van der Waals surface area contributed by atoms with Crippen LogP contribution in [0.4, 0.5) is 13.2 Å². The highest BCUT2D eigenvalue weighted by Crippen LogP contribution is 2.50. The number of hydrogen-bond acceptors (Lipinski definition) is 4. The number of carbonyl (C=O) groups is 2. The zero-order chi connectivity index (χ0) is 20.5. The van der Waals surface area contributed by atoms with E-state index in [2.05, 4.69) is 10.3 Å². The monoisotopic (exact) mass is 398 g/mol. The molecule has 8 heteroatoms. The van der Waals surface area contributed by atoms with Gasteiger partial charge in [-0.1, -0.05) is 6.92 Å². The van der Waals surface area contributed by atoms with E-state index in [1.807, 2.05) is 6.92 Å². The number of pyridine rings is 1. The molecule has 1 aromatic heterocycles. The van der Waals surface area contributed by atoms with Crippen molar-refractivity contribution in [3.63, 3.8) is 0 Å². The first-order valence-corrected chi connectivity index (χ1v) is 9.54. The van der Waals surface area contributed by atoms with E-state index >= 15 is 0 Å². The number of alkyl halides is 3. The van der Waals surface area contributed by atoms with Crippen LogP contribution in [0.2, 0.25) is 0 Å². The quantitative estimate of drug-likeness (QED) is 0.638. The lowest BCUT2D eigenvalue weighted by molar-refractivity contribution is -0.153. The highest BCUT2D eigenvalue weighted by atomic mass is 19.4. The first kappa shape index (κ1) is 20.6. The van der Waals surface area contributed by atoms with Gasteiger partial charge in [0.15, 0.2) is 12.4 Å². The van der Waals surface area contributed by atoms with Crippen LogP contribution < -0.4 is 10.1 Å². The van der Waals surface area contributed by atoms with Crippen LogP contribution in [0.15, 0.2) is 12.3 Å². The van der Waals surface area contributed by atoms with Gasteiger partial charge in [0.1, 0.15) is 11.4 Å². The van der Waals surface area contributed by atoms with Gasteiger partial charge in [-0.2, -0.15) is 13.2 Å². The van der Waals surface area contributed by atoms with Crippen LogP contribution in [0.5, 0.6) is 5.75 Å². The number of ketones is 1. The predicted octanol–water partition coefficient (Wildman–Crippen LogP) is 4.03. The Morgan fingerprint density at radius 3 is 2.43 bits per heavy atom. The van der Waals surface area contributed by atoms with Crippen molar-refractivity contribution < 1.29 is 27.5 Å². The number of hydrogen-bond donors (Lipinski definition) is 1. The number of nitrogens with zero attached hydrogens (tertiary/aromatic N) is 1. The minimum absolute atomic E-state index is 0.0811. The lowest BCUT2D eigenvalue weighted by atomic mass is 9.76. The Bertz CT molecular complexity index is 758. The van der Waals surface area contributed by atoms with Gasteiger partial charge >= 0.3 is 6.18 Å². The van der Waals surface area contributed by atoms with Gasteiger partial charge in [-0.25, -0.2) is 0 Å². The second kappa shape index (κ2) is 7.72. The molecule has 0 aromatic carbocycles. The molecule has 2 aliphatic carbocycles. The van der Waals surface area contributed by atoms with E-state index in [1.165, 1.54) is 12.3 Å². The van der Waals surface area contributed by atoms with Crippen LogP contribution in [0.25, 0.3) is 0 Å². The van der Waals surface area contributed by atoms with Crippen LogP contribution in [0.3, 0.4) is 0 Å².